The summed E-state index contributed by atoms with van der Waals surface area (Å²) < 4.78 is 5.42. The average molecular weight is 433 g/mol. The third-order valence-corrected chi connectivity index (χ3v) is 5.98. The summed E-state index contributed by atoms with van der Waals surface area (Å²) in [6.45, 7) is 0. The molecule has 0 aliphatic heterocycles. The first-order chi connectivity index (χ1) is 15.7. The smallest absolute Gasteiger partial charge is 0.345 e. The van der Waals surface area contributed by atoms with Crippen molar-refractivity contribution in [2.75, 3.05) is 0 Å². The number of rotatable bonds is 4. The second-order valence-corrected chi connectivity index (χ2v) is 8.04. The number of allylic oxidation sites excluding steroid dienone is 1. The molecular weight excluding hydrogens is 416 g/mol. The van der Waals surface area contributed by atoms with Gasteiger partial charge in [0.25, 0.3) is 0 Å². The Morgan fingerprint density at radius 1 is 0.938 bits per heavy atom. The molecule has 0 bridgehead atoms. The summed E-state index contributed by atoms with van der Waals surface area (Å²) >= 11 is 1.33. The van der Waals surface area contributed by atoms with Crippen LogP contribution >= 0.6 is 11.3 Å². The van der Waals surface area contributed by atoms with E-state index < -0.39 is 5.63 Å². The van der Waals surface area contributed by atoms with Gasteiger partial charge in [0.05, 0.1) is 16.8 Å². The lowest BCUT2D eigenvalue weighted by molar-refractivity contribution is 0.563. The van der Waals surface area contributed by atoms with E-state index in [9.17, 15) is 10.1 Å². The van der Waals surface area contributed by atoms with Crippen LogP contribution in [0.3, 0.4) is 0 Å². The summed E-state index contributed by atoms with van der Waals surface area (Å²) in [4.78, 5) is 17.0. The van der Waals surface area contributed by atoms with E-state index in [2.05, 4.69) is 23.2 Å². The van der Waals surface area contributed by atoms with Gasteiger partial charge in [0.15, 0.2) is 0 Å². The van der Waals surface area contributed by atoms with Gasteiger partial charge in [-0.05, 0) is 34.9 Å². The molecule has 0 fully saturated rings. The van der Waals surface area contributed by atoms with Gasteiger partial charge in [-0.25, -0.2) is 9.78 Å². The van der Waals surface area contributed by atoms with Crippen LogP contribution in [0.2, 0.25) is 0 Å². The normalized spacial score (nSPS) is 11.4. The van der Waals surface area contributed by atoms with Crippen LogP contribution in [0, 0.1) is 11.3 Å². The maximum atomic E-state index is 12.4. The van der Waals surface area contributed by atoms with Crippen LogP contribution in [-0.4, -0.2) is 4.98 Å². The topological polar surface area (TPSA) is 66.9 Å². The second-order valence-electron chi connectivity index (χ2n) is 7.18. The van der Waals surface area contributed by atoms with Gasteiger partial charge in [0.1, 0.15) is 16.7 Å². The predicted octanol–water partition coefficient (Wildman–Crippen LogP) is 6.65. The fraction of sp³-hybridized carbons (Fsp3) is 0. The minimum Gasteiger partial charge on any atom is -0.422 e. The van der Waals surface area contributed by atoms with Crippen molar-refractivity contribution in [3.05, 3.63) is 111 Å². The molecule has 0 atom stereocenters. The monoisotopic (exact) mass is 432 g/mol. The van der Waals surface area contributed by atoms with Crippen molar-refractivity contribution >= 4 is 34.0 Å². The zero-order chi connectivity index (χ0) is 21.9. The molecule has 4 nitrogen and oxygen atoms in total. The number of benzene rings is 3. The average Bonchev–Trinajstić information content (AvgIpc) is 3.33. The highest BCUT2D eigenvalue weighted by Crippen LogP contribution is 2.28. The zero-order valence-corrected chi connectivity index (χ0v) is 17.7. The minimum atomic E-state index is -0.445. The molecule has 152 valence electrons. The van der Waals surface area contributed by atoms with Crippen LogP contribution in [0.25, 0.3) is 45.0 Å². The first kappa shape index (κ1) is 19.7. The molecular formula is C27H16N2O2S. The predicted molar refractivity (Wildman–Crippen MR) is 129 cm³/mol. The molecule has 3 aromatic carbocycles. The molecule has 0 aliphatic rings. The lowest BCUT2D eigenvalue weighted by Gasteiger charge is -2.02. The molecule has 5 heteroatoms. The van der Waals surface area contributed by atoms with Crippen molar-refractivity contribution in [3.63, 3.8) is 0 Å². The third-order valence-electron chi connectivity index (χ3n) is 5.10. The SMILES string of the molecule is N#C/C(=C\c1ccc(-c2ccccc2)cc1)c1nc(-c2cc3ccccc3oc2=O)cs1. The number of nitriles is 1. The van der Waals surface area contributed by atoms with Gasteiger partial charge >= 0.3 is 5.63 Å². The maximum absolute atomic E-state index is 12.4. The summed E-state index contributed by atoms with van der Waals surface area (Å²) in [6, 6.07) is 29.5. The van der Waals surface area contributed by atoms with Crippen LogP contribution in [0.5, 0.6) is 0 Å². The van der Waals surface area contributed by atoms with Gasteiger partial charge in [-0.15, -0.1) is 11.3 Å². The van der Waals surface area contributed by atoms with Crippen molar-refractivity contribution in [2.24, 2.45) is 0 Å². The van der Waals surface area contributed by atoms with Gasteiger partial charge in [0.2, 0.25) is 0 Å². The molecule has 0 unspecified atom stereocenters. The number of nitrogens with zero attached hydrogens (tertiary/aromatic N) is 2. The molecule has 0 aliphatic carbocycles. The number of para-hydroxylation sites is 1. The highest BCUT2D eigenvalue weighted by molar-refractivity contribution is 7.11. The van der Waals surface area contributed by atoms with Crippen molar-refractivity contribution < 1.29 is 4.42 Å². The van der Waals surface area contributed by atoms with E-state index in [0.717, 1.165) is 22.1 Å². The van der Waals surface area contributed by atoms with Gasteiger partial charge < -0.3 is 4.42 Å². The van der Waals surface area contributed by atoms with Crippen LogP contribution in [0.4, 0.5) is 0 Å². The molecule has 5 rings (SSSR count). The van der Waals surface area contributed by atoms with E-state index in [1.807, 2.05) is 60.7 Å². The first-order valence-electron chi connectivity index (χ1n) is 9.98. The molecule has 2 heterocycles. The second kappa shape index (κ2) is 8.46. The fourth-order valence-electron chi connectivity index (χ4n) is 3.47. The summed E-state index contributed by atoms with van der Waals surface area (Å²) in [7, 11) is 0. The molecule has 0 spiro atoms. The number of hydrogen-bond donors (Lipinski definition) is 0. The Labute approximate surface area is 188 Å². The molecule has 0 radical (unpaired) electrons. The largest absolute Gasteiger partial charge is 0.422 e. The number of fused-ring (bicyclic) bond motifs is 1. The van der Waals surface area contributed by atoms with E-state index in [1.165, 1.54) is 11.3 Å². The quantitative estimate of drug-likeness (QED) is 0.236. The third kappa shape index (κ3) is 3.87. The fourth-order valence-corrected chi connectivity index (χ4v) is 4.26. The van der Waals surface area contributed by atoms with E-state index in [1.54, 1.807) is 23.6 Å². The Bertz CT molecular complexity index is 1540. The number of hydrogen-bond acceptors (Lipinski definition) is 5. The van der Waals surface area contributed by atoms with Gasteiger partial charge in [-0.3, -0.25) is 0 Å². The standard InChI is InChI=1S/C27H16N2O2S/c28-16-22(14-18-10-12-20(13-11-18)19-6-2-1-3-7-19)26-29-24(17-32-26)23-15-21-8-4-5-9-25(21)31-27(23)30/h1-15,17H/b22-14+. The van der Waals surface area contributed by atoms with Crippen LogP contribution in [0.1, 0.15) is 10.6 Å². The van der Waals surface area contributed by atoms with Crippen LogP contribution < -0.4 is 5.63 Å². The molecule has 2 aromatic heterocycles. The molecule has 5 aromatic rings. The lowest BCUT2D eigenvalue weighted by atomic mass is 10.0. The van der Waals surface area contributed by atoms with Crippen LogP contribution in [-0.2, 0) is 0 Å². The maximum Gasteiger partial charge on any atom is 0.345 e. The van der Waals surface area contributed by atoms with Gasteiger partial charge in [0, 0.05) is 10.8 Å². The Morgan fingerprint density at radius 3 is 2.44 bits per heavy atom. The molecule has 0 saturated carbocycles. The van der Waals surface area contributed by atoms with Gasteiger partial charge in [-0.2, -0.15) is 5.26 Å². The molecule has 0 saturated heterocycles. The van der Waals surface area contributed by atoms with E-state index in [0.29, 0.717) is 27.4 Å². The lowest BCUT2D eigenvalue weighted by Crippen LogP contribution is -2.02. The highest BCUT2D eigenvalue weighted by Gasteiger charge is 2.14. The highest BCUT2D eigenvalue weighted by atomic mass is 32.1. The van der Waals surface area contributed by atoms with Crippen molar-refractivity contribution in [1.82, 2.24) is 4.98 Å². The summed E-state index contributed by atoms with van der Waals surface area (Å²) in [6.07, 6.45) is 1.81. The van der Waals surface area contributed by atoms with Crippen molar-refractivity contribution in [3.8, 4) is 28.5 Å². The summed E-state index contributed by atoms with van der Waals surface area (Å²) in [5.41, 5.74) is 4.58. The van der Waals surface area contributed by atoms with Gasteiger partial charge in [-0.1, -0.05) is 72.8 Å². The molecule has 0 amide bonds. The van der Waals surface area contributed by atoms with E-state index >= 15 is 0 Å². The van der Waals surface area contributed by atoms with Crippen LogP contribution in [0.15, 0.2) is 99.5 Å². The number of thiazole rings is 1. The zero-order valence-electron chi connectivity index (χ0n) is 16.9. The first-order valence-corrected chi connectivity index (χ1v) is 10.9. The van der Waals surface area contributed by atoms with E-state index in [-0.39, 0.29) is 0 Å². The van der Waals surface area contributed by atoms with E-state index in [4.69, 9.17) is 4.42 Å². The van der Waals surface area contributed by atoms with Crippen molar-refractivity contribution in [2.45, 2.75) is 0 Å². The summed E-state index contributed by atoms with van der Waals surface area (Å²) in [5, 5.41) is 12.9. The molecule has 32 heavy (non-hydrogen) atoms. The Kier molecular flexibility index (Phi) is 5.20. The minimum absolute atomic E-state index is 0.385. The summed E-state index contributed by atoms with van der Waals surface area (Å²) in [5.74, 6) is 0. The molecule has 0 N–H and O–H groups in total. The number of aromatic nitrogens is 1. The Hall–Kier alpha value is -4.27. The van der Waals surface area contributed by atoms with Crippen molar-refractivity contribution in [1.29, 1.82) is 5.26 Å². The Morgan fingerprint density at radius 2 is 1.66 bits per heavy atom. The Balaban J connectivity index is 1.46.